The molecule has 3 aliphatic heterocycles. The minimum atomic E-state index is -3.85. The average Bonchev–Trinajstić information content (AvgIpc) is 2.76. The Labute approximate surface area is 194 Å². The summed E-state index contributed by atoms with van der Waals surface area (Å²) in [7, 11) is -1.58. The molecule has 2 saturated heterocycles. The van der Waals surface area contributed by atoms with Gasteiger partial charge in [-0.1, -0.05) is 11.6 Å². The standard InChI is InChI=1S/C23H29ClN4O3S/c1-26-10-8-19(9-11-26)27-13-16-12-17(15-27)22-7-6-21(23(29)28(22)14-16)25-32(30,31)20-4-2-18(24)3-5-20/h2-7,16-17,19,25H,8-15H2,1H3/p+2/t16-,17+/m0/s1. The minimum Gasteiger partial charge on any atom is -0.337 e. The lowest BCUT2D eigenvalue weighted by Crippen LogP contribution is -3.21. The van der Waals surface area contributed by atoms with E-state index in [2.05, 4.69) is 11.8 Å². The Hall–Kier alpha value is -1.87. The molecule has 1 unspecified atom stereocenters. The Morgan fingerprint density at radius 3 is 2.50 bits per heavy atom. The van der Waals surface area contributed by atoms with Gasteiger partial charge in [-0.05, 0) is 42.8 Å². The Balaban J connectivity index is 1.37. The van der Waals surface area contributed by atoms with E-state index in [1.165, 1.54) is 50.2 Å². The Bertz CT molecular complexity index is 1160. The quantitative estimate of drug-likeness (QED) is 0.578. The molecule has 0 radical (unpaired) electrons. The zero-order valence-electron chi connectivity index (χ0n) is 18.3. The van der Waals surface area contributed by atoms with Crippen LogP contribution in [0.5, 0.6) is 0 Å². The molecule has 5 rings (SSSR count). The summed E-state index contributed by atoms with van der Waals surface area (Å²) >= 11 is 5.87. The van der Waals surface area contributed by atoms with Crippen LogP contribution in [0.15, 0.2) is 46.1 Å². The number of nitrogens with one attached hydrogen (secondary N) is 3. The molecule has 0 amide bonds. The van der Waals surface area contributed by atoms with E-state index in [1.807, 2.05) is 10.6 Å². The van der Waals surface area contributed by atoms with E-state index in [0.717, 1.165) is 31.2 Å². The molecule has 2 fully saturated rings. The number of halogens is 1. The maximum Gasteiger partial charge on any atom is 0.275 e. The van der Waals surface area contributed by atoms with Crippen LogP contribution in [0.25, 0.3) is 0 Å². The van der Waals surface area contributed by atoms with Crippen LogP contribution in [0.3, 0.4) is 0 Å². The summed E-state index contributed by atoms with van der Waals surface area (Å²) in [6, 6.07) is 10.2. The molecule has 1 aromatic carbocycles. The number of hydrogen-bond donors (Lipinski definition) is 3. The number of benzene rings is 1. The van der Waals surface area contributed by atoms with Crippen molar-refractivity contribution < 1.29 is 18.2 Å². The fraction of sp³-hybridized carbons (Fsp3) is 0.522. The van der Waals surface area contributed by atoms with Gasteiger partial charge >= 0.3 is 0 Å². The third-order valence-corrected chi connectivity index (χ3v) is 9.16. The minimum absolute atomic E-state index is 0.0834. The van der Waals surface area contributed by atoms with Crippen molar-refractivity contribution in [3.63, 3.8) is 0 Å². The molecule has 3 N–H and O–H groups in total. The number of nitrogens with zero attached hydrogens (tertiary/aromatic N) is 1. The molecule has 0 aliphatic carbocycles. The second kappa shape index (κ2) is 8.48. The molecule has 7 nitrogen and oxygen atoms in total. The van der Waals surface area contributed by atoms with Gasteiger partial charge in [0.25, 0.3) is 15.6 Å². The van der Waals surface area contributed by atoms with Crippen LogP contribution in [-0.2, 0) is 16.6 Å². The highest BCUT2D eigenvalue weighted by atomic mass is 35.5. The number of sulfonamides is 1. The molecule has 4 heterocycles. The van der Waals surface area contributed by atoms with Crippen molar-refractivity contribution in [2.75, 3.05) is 37.9 Å². The van der Waals surface area contributed by atoms with Crippen LogP contribution in [0.2, 0.25) is 5.02 Å². The topological polar surface area (TPSA) is 77.1 Å². The van der Waals surface area contributed by atoms with E-state index in [4.69, 9.17) is 11.6 Å². The van der Waals surface area contributed by atoms with Crippen molar-refractivity contribution in [2.45, 2.75) is 42.7 Å². The summed E-state index contributed by atoms with van der Waals surface area (Å²) in [5, 5.41) is 0.460. The Kier molecular flexibility index (Phi) is 5.82. The summed E-state index contributed by atoms with van der Waals surface area (Å²) in [5.41, 5.74) is 0.906. The highest BCUT2D eigenvalue weighted by Gasteiger charge is 2.41. The summed E-state index contributed by atoms with van der Waals surface area (Å²) in [6.45, 7) is 5.33. The first-order chi connectivity index (χ1) is 15.3. The van der Waals surface area contributed by atoms with E-state index in [-0.39, 0.29) is 16.1 Å². The highest BCUT2D eigenvalue weighted by molar-refractivity contribution is 7.92. The molecule has 3 atom stereocenters. The second-order valence-electron chi connectivity index (χ2n) is 9.74. The molecule has 32 heavy (non-hydrogen) atoms. The van der Waals surface area contributed by atoms with Crippen molar-refractivity contribution in [3.05, 3.63) is 57.5 Å². The van der Waals surface area contributed by atoms with Gasteiger partial charge in [0.15, 0.2) is 0 Å². The van der Waals surface area contributed by atoms with Gasteiger partial charge in [-0.15, -0.1) is 0 Å². The zero-order valence-corrected chi connectivity index (χ0v) is 19.9. The summed E-state index contributed by atoms with van der Waals surface area (Å²) < 4.78 is 29.8. The van der Waals surface area contributed by atoms with Crippen LogP contribution < -0.4 is 20.1 Å². The van der Waals surface area contributed by atoms with Crippen LogP contribution in [0.4, 0.5) is 5.69 Å². The molecule has 172 valence electrons. The van der Waals surface area contributed by atoms with Gasteiger partial charge in [0.05, 0.1) is 44.2 Å². The molecule has 3 aliphatic rings. The fourth-order valence-electron chi connectivity index (χ4n) is 5.85. The average molecular weight is 479 g/mol. The number of aromatic nitrogens is 1. The number of quaternary nitrogens is 2. The number of anilines is 1. The number of fused-ring (bicyclic) bond motifs is 4. The van der Waals surface area contributed by atoms with Gasteiger partial charge in [-0.3, -0.25) is 9.52 Å². The van der Waals surface area contributed by atoms with Gasteiger partial charge in [0, 0.05) is 41.9 Å². The van der Waals surface area contributed by atoms with Crippen molar-refractivity contribution >= 4 is 27.3 Å². The maximum absolute atomic E-state index is 13.2. The van der Waals surface area contributed by atoms with Crippen molar-refractivity contribution in [1.82, 2.24) is 4.57 Å². The summed E-state index contributed by atoms with van der Waals surface area (Å²) in [4.78, 5) is 16.6. The zero-order chi connectivity index (χ0) is 22.5. The van der Waals surface area contributed by atoms with Gasteiger partial charge < -0.3 is 14.4 Å². The van der Waals surface area contributed by atoms with Crippen LogP contribution in [0.1, 0.15) is 30.9 Å². The Morgan fingerprint density at radius 1 is 1.06 bits per heavy atom. The lowest BCUT2D eigenvalue weighted by Gasteiger charge is -2.44. The molecule has 2 bridgehead atoms. The molecule has 2 aromatic rings. The SMILES string of the molecule is C[NH+]1CCC([NH+]2C[C@@H]3C[C@H](C2)c2ccc(NS(=O)(=O)c4ccc(Cl)cc4)c(=O)n2C3)CC1. The molecule has 1 aromatic heterocycles. The third kappa shape index (κ3) is 4.21. The lowest BCUT2D eigenvalue weighted by atomic mass is 9.82. The van der Waals surface area contributed by atoms with Gasteiger partial charge in [-0.2, -0.15) is 0 Å². The molecule has 0 spiro atoms. The van der Waals surface area contributed by atoms with Crippen molar-refractivity contribution in [3.8, 4) is 0 Å². The normalized spacial score (nSPS) is 29.9. The predicted octanol–water partition coefficient (Wildman–Crippen LogP) is -0.0184. The fourth-order valence-corrected chi connectivity index (χ4v) is 7.03. The number of likely N-dealkylation sites (tertiary alicyclic amines) is 2. The lowest BCUT2D eigenvalue weighted by molar-refractivity contribution is -0.959. The Morgan fingerprint density at radius 2 is 1.78 bits per heavy atom. The molecular weight excluding hydrogens is 448 g/mol. The highest BCUT2D eigenvalue weighted by Crippen LogP contribution is 2.31. The first-order valence-electron chi connectivity index (χ1n) is 11.5. The van der Waals surface area contributed by atoms with Crippen LogP contribution in [0, 0.1) is 5.92 Å². The van der Waals surface area contributed by atoms with E-state index in [9.17, 15) is 13.2 Å². The molecular formula is C23H31ClN4O3S+2. The smallest absolute Gasteiger partial charge is 0.275 e. The van der Waals surface area contributed by atoms with Crippen LogP contribution >= 0.6 is 11.6 Å². The number of pyridine rings is 1. The molecule has 9 heteroatoms. The maximum atomic E-state index is 13.2. The van der Waals surface area contributed by atoms with Gasteiger partial charge in [0.2, 0.25) is 0 Å². The van der Waals surface area contributed by atoms with E-state index in [0.29, 0.717) is 23.4 Å². The number of rotatable bonds is 4. The number of piperidine rings is 2. The number of hydrogen-bond acceptors (Lipinski definition) is 3. The largest absolute Gasteiger partial charge is 0.337 e. The van der Waals surface area contributed by atoms with Crippen molar-refractivity contribution in [1.29, 1.82) is 0 Å². The summed E-state index contributed by atoms with van der Waals surface area (Å²) in [6.07, 6.45) is 3.67. The van der Waals surface area contributed by atoms with E-state index >= 15 is 0 Å². The second-order valence-corrected chi connectivity index (χ2v) is 11.9. The van der Waals surface area contributed by atoms with Crippen LogP contribution in [-0.4, -0.2) is 52.3 Å². The van der Waals surface area contributed by atoms with Gasteiger partial charge in [0.1, 0.15) is 5.69 Å². The van der Waals surface area contributed by atoms with E-state index < -0.39 is 10.0 Å². The molecule has 0 saturated carbocycles. The monoisotopic (exact) mass is 478 g/mol. The third-order valence-electron chi connectivity index (χ3n) is 7.53. The van der Waals surface area contributed by atoms with E-state index in [1.54, 1.807) is 15.9 Å². The predicted molar refractivity (Wildman–Crippen MR) is 124 cm³/mol. The summed E-state index contributed by atoms with van der Waals surface area (Å²) in [5.74, 6) is 0.822. The first-order valence-corrected chi connectivity index (χ1v) is 13.3. The van der Waals surface area contributed by atoms with Crippen molar-refractivity contribution in [2.24, 2.45) is 5.92 Å². The van der Waals surface area contributed by atoms with Gasteiger partial charge in [-0.25, -0.2) is 8.42 Å². The first kappa shape index (κ1) is 21.9.